The number of carbonyl (C=O) groups is 3. The predicted octanol–water partition coefficient (Wildman–Crippen LogP) is 22.4. The SMILES string of the molecule is CCCCCCCC/C=C\CCCCCCCCCCCCCC(=O)OC(COC(=O)CCCCCCCCCCCCCCCCCCC)COC(=O)CCCCCCCCCCCCCCCCCCC. The Morgan fingerprint density at radius 3 is 0.685 bits per heavy atom. The summed E-state index contributed by atoms with van der Waals surface area (Å²) in [4.78, 5) is 38.4. The molecule has 0 saturated heterocycles. The van der Waals surface area contributed by atoms with Gasteiger partial charge in [-0.1, -0.05) is 328 Å². The lowest BCUT2D eigenvalue weighted by Gasteiger charge is -2.18. The standard InChI is InChI=1S/C67H128O6/c1-4-7-10-13-16-19-22-25-28-31-32-33-34-37-40-43-46-49-52-55-58-61-67(70)73-64(62-71-65(68)59-56-53-50-47-44-41-38-35-29-26-23-20-17-14-11-8-5-2)63-72-66(69)60-57-54-51-48-45-42-39-36-30-27-24-21-18-15-12-9-6-3/h25,28,64H,4-24,26-27,29-63H2,1-3H3/b28-25-. The van der Waals surface area contributed by atoms with Gasteiger partial charge in [0.1, 0.15) is 13.2 Å². The molecule has 0 aromatic carbocycles. The molecule has 0 bridgehead atoms. The van der Waals surface area contributed by atoms with Crippen molar-refractivity contribution in [3.8, 4) is 0 Å². The molecule has 0 atom stereocenters. The summed E-state index contributed by atoms with van der Waals surface area (Å²) in [6.45, 7) is 6.72. The lowest BCUT2D eigenvalue weighted by Crippen LogP contribution is -2.30. The molecular formula is C67H128O6. The first-order valence-electron chi connectivity index (χ1n) is 33.2. The molecule has 0 spiro atoms. The van der Waals surface area contributed by atoms with E-state index in [0.717, 1.165) is 57.8 Å². The van der Waals surface area contributed by atoms with Crippen LogP contribution in [0.5, 0.6) is 0 Å². The van der Waals surface area contributed by atoms with Crippen LogP contribution in [0.1, 0.15) is 380 Å². The van der Waals surface area contributed by atoms with Crippen LogP contribution in [0.15, 0.2) is 12.2 Å². The third kappa shape index (κ3) is 60.9. The fraction of sp³-hybridized carbons (Fsp3) is 0.925. The van der Waals surface area contributed by atoms with Crippen LogP contribution in [0.2, 0.25) is 0 Å². The topological polar surface area (TPSA) is 78.9 Å². The van der Waals surface area contributed by atoms with Crippen molar-refractivity contribution in [2.75, 3.05) is 13.2 Å². The lowest BCUT2D eigenvalue weighted by molar-refractivity contribution is -0.167. The number of rotatable bonds is 62. The minimum Gasteiger partial charge on any atom is -0.462 e. The molecule has 0 radical (unpaired) electrons. The van der Waals surface area contributed by atoms with E-state index in [0.29, 0.717) is 19.3 Å². The van der Waals surface area contributed by atoms with Crippen LogP contribution in [-0.2, 0) is 28.6 Å². The molecule has 6 heteroatoms. The summed E-state index contributed by atoms with van der Waals surface area (Å²) in [6, 6.07) is 0. The third-order valence-electron chi connectivity index (χ3n) is 15.3. The molecule has 0 amide bonds. The summed E-state index contributed by atoms with van der Waals surface area (Å²) in [5.41, 5.74) is 0. The minimum atomic E-state index is -0.766. The van der Waals surface area contributed by atoms with Crippen molar-refractivity contribution in [2.45, 2.75) is 386 Å². The molecule has 0 fully saturated rings. The normalized spacial score (nSPS) is 11.6. The van der Waals surface area contributed by atoms with Gasteiger partial charge in [-0.05, 0) is 44.9 Å². The van der Waals surface area contributed by atoms with Gasteiger partial charge in [-0.2, -0.15) is 0 Å². The van der Waals surface area contributed by atoms with Gasteiger partial charge in [-0.3, -0.25) is 14.4 Å². The Morgan fingerprint density at radius 1 is 0.260 bits per heavy atom. The molecule has 6 nitrogen and oxygen atoms in total. The largest absolute Gasteiger partial charge is 0.462 e. The van der Waals surface area contributed by atoms with Crippen molar-refractivity contribution >= 4 is 17.9 Å². The van der Waals surface area contributed by atoms with Crippen LogP contribution in [0, 0.1) is 0 Å². The van der Waals surface area contributed by atoms with Crippen LogP contribution < -0.4 is 0 Å². The van der Waals surface area contributed by atoms with E-state index in [1.807, 2.05) is 0 Å². The lowest BCUT2D eigenvalue weighted by atomic mass is 10.0. The minimum absolute atomic E-state index is 0.0632. The quantitative estimate of drug-likeness (QED) is 0.0261. The summed E-state index contributed by atoms with van der Waals surface area (Å²) in [6.07, 6.45) is 73.6. The van der Waals surface area contributed by atoms with Gasteiger partial charge in [0.25, 0.3) is 0 Å². The molecule has 0 unspecified atom stereocenters. The van der Waals surface area contributed by atoms with Gasteiger partial charge in [0.15, 0.2) is 6.10 Å². The van der Waals surface area contributed by atoms with Gasteiger partial charge in [0.05, 0.1) is 0 Å². The van der Waals surface area contributed by atoms with E-state index >= 15 is 0 Å². The third-order valence-corrected chi connectivity index (χ3v) is 15.3. The summed E-state index contributed by atoms with van der Waals surface area (Å²) in [5, 5.41) is 0. The van der Waals surface area contributed by atoms with Gasteiger partial charge in [-0.15, -0.1) is 0 Å². The molecule has 432 valence electrons. The maximum absolute atomic E-state index is 12.9. The van der Waals surface area contributed by atoms with Crippen molar-refractivity contribution in [3.05, 3.63) is 12.2 Å². The molecule has 0 aliphatic carbocycles. The van der Waals surface area contributed by atoms with Crippen molar-refractivity contribution < 1.29 is 28.6 Å². The van der Waals surface area contributed by atoms with E-state index < -0.39 is 6.10 Å². The number of hydrogen-bond acceptors (Lipinski definition) is 6. The van der Waals surface area contributed by atoms with Gasteiger partial charge in [-0.25, -0.2) is 0 Å². The molecule has 0 aliphatic rings. The highest BCUT2D eigenvalue weighted by Gasteiger charge is 2.19. The van der Waals surface area contributed by atoms with Crippen LogP contribution in [0.4, 0.5) is 0 Å². The first-order valence-corrected chi connectivity index (χ1v) is 33.2. The average molecular weight is 1030 g/mol. The first-order chi connectivity index (χ1) is 36.0. The number of ether oxygens (including phenoxy) is 3. The Labute approximate surface area is 456 Å². The summed E-state index contributed by atoms with van der Waals surface area (Å²) in [5.74, 6) is -0.830. The van der Waals surface area contributed by atoms with Crippen LogP contribution >= 0.6 is 0 Å². The Hall–Kier alpha value is -1.85. The highest BCUT2D eigenvalue weighted by molar-refractivity contribution is 5.71. The van der Waals surface area contributed by atoms with E-state index in [1.165, 1.54) is 283 Å². The van der Waals surface area contributed by atoms with Gasteiger partial charge in [0.2, 0.25) is 0 Å². The van der Waals surface area contributed by atoms with Crippen molar-refractivity contribution in [2.24, 2.45) is 0 Å². The Kier molecular flexibility index (Phi) is 61.1. The van der Waals surface area contributed by atoms with Gasteiger partial charge < -0.3 is 14.2 Å². The van der Waals surface area contributed by atoms with E-state index in [1.54, 1.807) is 0 Å². The second-order valence-electron chi connectivity index (χ2n) is 22.7. The highest BCUT2D eigenvalue weighted by atomic mass is 16.6. The maximum atomic E-state index is 12.9. The molecule has 0 aliphatic heterocycles. The van der Waals surface area contributed by atoms with E-state index in [-0.39, 0.29) is 31.1 Å². The molecule has 0 N–H and O–H groups in total. The van der Waals surface area contributed by atoms with Gasteiger partial charge >= 0.3 is 17.9 Å². The molecule has 0 aromatic heterocycles. The van der Waals surface area contributed by atoms with Crippen molar-refractivity contribution in [3.63, 3.8) is 0 Å². The Balaban J connectivity index is 4.29. The van der Waals surface area contributed by atoms with E-state index in [9.17, 15) is 14.4 Å². The Morgan fingerprint density at radius 2 is 0.452 bits per heavy atom. The molecule has 73 heavy (non-hydrogen) atoms. The maximum Gasteiger partial charge on any atom is 0.306 e. The smallest absolute Gasteiger partial charge is 0.306 e. The monoisotopic (exact) mass is 1030 g/mol. The second-order valence-corrected chi connectivity index (χ2v) is 22.7. The fourth-order valence-corrected chi connectivity index (χ4v) is 10.3. The van der Waals surface area contributed by atoms with Gasteiger partial charge in [0, 0.05) is 19.3 Å². The number of esters is 3. The highest BCUT2D eigenvalue weighted by Crippen LogP contribution is 2.18. The van der Waals surface area contributed by atoms with Crippen molar-refractivity contribution in [1.29, 1.82) is 0 Å². The van der Waals surface area contributed by atoms with Crippen LogP contribution in [0.25, 0.3) is 0 Å². The van der Waals surface area contributed by atoms with E-state index in [4.69, 9.17) is 14.2 Å². The molecule has 0 aromatic rings. The number of allylic oxidation sites excluding steroid dienone is 2. The molecule has 0 rings (SSSR count). The Bertz CT molecular complexity index is 1080. The number of carbonyl (C=O) groups excluding carboxylic acids is 3. The second kappa shape index (κ2) is 62.7. The fourth-order valence-electron chi connectivity index (χ4n) is 10.3. The predicted molar refractivity (Wildman–Crippen MR) is 317 cm³/mol. The van der Waals surface area contributed by atoms with Crippen molar-refractivity contribution in [1.82, 2.24) is 0 Å². The summed E-state index contributed by atoms with van der Waals surface area (Å²) >= 11 is 0. The van der Waals surface area contributed by atoms with Crippen LogP contribution in [-0.4, -0.2) is 37.2 Å². The molecule has 0 saturated carbocycles. The summed E-state index contributed by atoms with van der Waals surface area (Å²) < 4.78 is 17.0. The zero-order valence-electron chi connectivity index (χ0n) is 49.7. The molecule has 0 heterocycles. The zero-order valence-corrected chi connectivity index (χ0v) is 49.7. The number of hydrogen-bond donors (Lipinski definition) is 0. The first kappa shape index (κ1) is 71.2. The number of unbranched alkanes of at least 4 members (excludes halogenated alkanes) is 49. The van der Waals surface area contributed by atoms with Crippen LogP contribution in [0.3, 0.4) is 0 Å². The van der Waals surface area contributed by atoms with E-state index in [2.05, 4.69) is 32.9 Å². The average Bonchev–Trinajstić information content (AvgIpc) is 3.39. The molecular weight excluding hydrogens is 901 g/mol. The summed E-state index contributed by atoms with van der Waals surface area (Å²) in [7, 11) is 0. The zero-order chi connectivity index (χ0) is 52.9.